The zero-order valence-corrected chi connectivity index (χ0v) is 21.0. The lowest BCUT2D eigenvalue weighted by Crippen LogP contribution is -2.47. The van der Waals surface area contributed by atoms with Crippen LogP contribution in [0.4, 0.5) is 5.95 Å². The van der Waals surface area contributed by atoms with Crippen LogP contribution in [-0.2, 0) is 11.3 Å². The Kier molecular flexibility index (Phi) is 7.27. The molecule has 178 valence electrons. The number of rotatable bonds is 4. The molecule has 1 aliphatic heterocycles. The van der Waals surface area contributed by atoms with Gasteiger partial charge in [0.2, 0.25) is 11.9 Å². The highest BCUT2D eigenvalue weighted by Crippen LogP contribution is 2.28. The van der Waals surface area contributed by atoms with Crippen LogP contribution in [0.2, 0.25) is 10.2 Å². The van der Waals surface area contributed by atoms with E-state index in [0.29, 0.717) is 41.0 Å². The van der Waals surface area contributed by atoms with E-state index in [0.717, 1.165) is 43.0 Å². The topological polar surface area (TPSA) is 93.2 Å². The van der Waals surface area contributed by atoms with Gasteiger partial charge in [-0.05, 0) is 32.0 Å². The number of pyridine rings is 1. The predicted molar refractivity (Wildman–Crippen MR) is 135 cm³/mol. The second-order valence-corrected chi connectivity index (χ2v) is 9.29. The number of carbonyl (C=O) groups is 1. The van der Waals surface area contributed by atoms with Gasteiger partial charge in [0.05, 0.1) is 23.2 Å². The van der Waals surface area contributed by atoms with E-state index < -0.39 is 0 Å². The van der Waals surface area contributed by atoms with Gasteiger partial charge in [0.25, 0.3) is 0 Å². The number of fused-ring (bicyclic) bond motifs is 1. The summed E-state index contributed by atoms with van der Waals surface area (Å²) in [6, 6.07) is 0. The minimum Gasteiger partial charge on any atom is -0.368 e. The highest BCUT2D eigenvalue weighted by Gasteiger charge is 2.19. The minimum absolute atomic E-state index is 0.0840. The summed E-state index contributed by atoms with van der Waals surface area (Å²) in [5.41, 5.74) is 9.78. The fourth-order valence-electron chi connectivity index (χ4n) is 3.99. The summed E-state index contributed by atoms with van der Waals surface area (Å²) in [5.74, 6) is 6.49. The van der Waals surface area contributed by atoms with Crippen LogP contribution >= 0.6 is 23.2 Å². The van der Waals surface area contributed by atoms with Crippen LogP contribution in [0.15, 0.2) is 12.4 Å². The van der Waals surface area contributed by atoms with Crippen LogP contribution in [0.25, 0.3) is 11.0 Å². The highest BCUT2D eigenvalue weighted by atomic mass is 35.5. The molecular weight excluding hydrogens is 473 g/mol. The first-order valence-corrected chi connectivity index (χ1v) is 11.9. The van der Waals surface area contributed by atoms with Crippen molar-refractivity contribution in [1.82, 2.24) is 29.3 Å². The summed E-state index contributed by atoms with van der Waals surface area (Å²) in [7, 11) is 2.07. The molecule has 0 unspecified atom stereocenters. The third kappa shape index (κ3) is 5.12. The molecule has 4 rings (SSSR count). The Balaban J connectivity index is 1.57. The first-order chi connectivity index (χ1) is 16.2. The average molecular weight is 500 g/mol. The van der Waals surface area contributed by atoms with E-state index >= 15 is 0 Å². The van der Waals surface area contributed by atoms with Crippen LogP contribution in [0.5, 0.6) is 0 Å². The molecule has 4 heterocycles. The molecule has 1 amide bonds. The quantitative estimate of drug-likeness (QED) is 0.437. The van der Waals surface area contributed by atoms with Crippen molar-refractivity contribution in [2.75, 3.05) is 39.0 Å². The zero-order valence-electron chi connectivity index (χ0n) is 19.5. The molecule has 0 atom stereocenters. The van der Waals surface area contributed by atoms with Crippen LogP contribution in [0.3, 0.4) is 0 Å². The van der Waals surface area contributed by atoms with Crippen molar-refractivity contribution in [3.05, 3.63) is 45.0 Å². The maximum atomic E-state index is 12.5. The normalized spacial score (nSPS) is 14.3. The summed E-state index contributed by atoms with van der Waals surface area (Å²) < 4.78 is 1.90. The summed E-state index contributed by atoms with van der Waals surface area (Å²) in [6.07, 6.45) is 4.47. The minimum atomic E-state index is 0.0840. The van der Waals surface area contributed by atoms with E-state index in [1.807, 2.05) is 29.5 Å². The molecule has 3 aromatic rings. The van der Waals surface area contributed by atoms with Gasteiger partial charge in [-0.15, -0.1) is 0 Å². The smallest absolute Gasteiger partial charge is 0.223 e. The molecule has 34 heavy (non-hydrogen) atoms. The largest absolute Gasteiger partial charge is 0.368 e. The van der Waals surface area contributed by atoms with Gasteiger partial charge in [0, 0.05) is 56.4 Å². The number of hydrogen-bond donors (Lipinski definition) is 1. The predicted octanol–water partition coefficient (Wildman–Crippen LogP) is 3.29. The van der Waals surface area contributed by atoms with Gasteiger partial charge in [-0.2, -0.15) is 4.98 Å². The summed E-state index contributed by atoms with van der Waals surface area (Å²) >= 11 is 12.8. The van der Waals surface area contributed by atoms with Crippen molar-refractivity contribution in [2.45, 2.75) is 33.2 Å². The lowest BCUT2D eigenvalue weighted by molar-refractivity contribution is -0.132. The summed E-state index contributed by atoms with van der Waals surface area (Å²) in [6.45, 7) is 7.63. The number of nitrogens with two attached hydrogens (primary N) is 1. The molecule has 0 radical (unpaired) electrons. The first-order valence-electron chi connectivity index (χ1n) is 11.1. The summed E-state index contributed by atoms with van der Waals surface area (Å²) in [5, 5.41) is 1.56. The van der Waals surface area contributed by atoms with Gasteiger partial charge < -0.3 is 20.1 Å². The molecule has 0 aliphatic carbocycles. The Morgan fingerprint density at radius 1 is 1.18 bits per heavy atom. The molecule has 1 aliphatic rings. The van der Waals surface area contributed by atoms with Crippen molar-refractivity contribution in [1.29, 1.82) is 0 Å². The van der Waals surface area contributed by atoms with Crippen LogP contribution in [-0.4, -0.2) is 68.5 Å². The fraction of sp³-hybridized carbons (Fsp3) is 0.417. The first kappa shape index (κ1) is 24.3. The molecule has 0 spiro atoms. The molecule has 3 aromatic heterocycles. The van der Waals surface area contributed by atoms with Crippen LogP contribution < -0.4 is 5.73 Å². The average Bonchev–Trinajstić information content (AvgIpc) is 3.14. The molecule has 10 heteroatoms. The maximum absolute atomic E-state index is 12.5. The van der Waals surface area contributed by atoms with Gasteiger partial charge >= 0.3 is 0 Å². The number of nitrogen functional groups attached to an aromatic ring is 1. The molecule has 0 saturated carbocycles. The fourth-order valence-corrected chi connectivity index (χ4v) is 4.42. The number of anilines is 1. The number of aryl methyl sites for hydroxylation is 1. The van der Waals surface area contributed by atoms with Gasteiger partial charge in [-0.25, -0.2) is 4.98 Å². The number of likely N-dealkylation sites (N-methyl/N-ethyl adjacent to an activating group) is 1. The molecule has 1 fully saturated rings. The Labute approximate surface area is 209 Å². The monoisotopic (exact) mass is 499 g/mol. The Morgan fingerprint density at radius 3 is 2.65 bits per heavy atom. The van der Waals surface area contributed by atoms with Crippen molar-refractivity contribution >= 4 is 46.1 Å². The molecule has 8 nitrogen and oxygen atoms in total. The Morgan fingerprint density at radius 2 is 1.91 bits per heavy atom. The van der Waals surface area contributed by atoms with E-state index in [1.165, 1.54) is 0 Å². The number of amides is 1. The van der Waals surface area contributed by atoms with E-state index in [2.05, 4.69) is 38.7 Å². The molecule has 1 saturated heterocycles. The lowest BCUT2D eigenvalue weighted by atomic mass is 10.1. The van der Waals surface area contributed by atoms with Gasteiger partial charge in [-0.3, -0.25) is 9.78 Å². The van der Waals surface area contributed by atoms with E-state index in [1.54, 1.807) is 6.20 Å². The van der Waals surface area contributed by atoms with E-state index in [9.17, 15) is 4.79 Å². The lowest BCUT2D eigenvalue weighted by Gasteiger charge is -2.32. The number of hydrogen-bond acceptors (Lipinski definition) is 6. The molecular formula is C24H27Cl2N7O. The van der Waals surface area contributed by atoms with Crippen LogP contribution in [0, 0.1) is 25.7 Å². The van der Waals surface area contributed by atoms with E-state index in [4.69, 9.17) is 28.9 Å². The molecule has 2 N–H and O–H groups in total. The van der Waals surface area contributed by atoms with Crippen LogP contribution in [0.1, 0.15) is 35.2 Å². The van der Waals surface area contributed by atoms with Crippen molar-refractivity contribution < 1.29 is 4.79 Å². The zero-order chi connectivity index (χ0) is 24.4. The standard InChI is InChI=1S/C24H27Cl2N7O/c1-15-12-28-18(16(2)21(15)25)14-33-13-17(20-22(26)29-24(27)30-23(20)33)6-4-5-7-19(34)32-10-8-31(3)9-11-32/h12-13H,5,7-11,14H2,1-3H3,(H2,27,29,30). The van der Waals surface area contributed by atoms with Gasteiger partial charge in [-0.1, -0.05) is 35.0 Å². The SMILES string of the molecule is Cc1cnc(Cn2cc(C#CCCC(=O)N3CCN(C)CC3)c3c(Cl)nc(N)nc32)c(C)c1Cl. The Bertz CT molecular complexity index is 1300. The molecule has 0 bridgehead atoms. The summed E-state index contributed by atoms with van der Waals surface area (Å²) in [4.78, 5) is 29.6. The Hall–Kier alpha value is -2.86. The number of nitrogens with zero attached hydrogens (tertiary/aromatic N) is 6. The third-order valence-electron chi connectivity index (χ3n) is 6.07. The van der Waals surface area contributed by atoms with Gasteiger partial charge in [0.15, 0.2) is 0 Å². The van der Waals surface area contributed by atoms with Gasteiger partial charge in [0.1, 0.15) is 10.8 Å². The van der Waals surface area contributed by atoms with Crippen molar-refractivity contribution in [3.8, 4) is 11.8 Å². The maximum Gasteiger partial charge on any atom is 0.223 e. The number of halogens is 2. The number of carbonyl (C=O) groups excluding carboxylic acids is 1. The second-order valence-electron chi connectivity index (χ2n) is 8.55. The number of piperazine rings is 1. The molecule has 0 aromatic carbocycles. The van der Waals surface area contributed by atoms with Crippen molar-refractivity contribution in [2.24, 2.45) is 0 Å². The second kappa shape index (κ2) is 10.2. The van der Waals surface area contributed by atoms with E-state index in [-0.39, 0.29) is 17.0 Å². The third-order valence-corrected chi connectivity index (χ3v) is 6.93. The highest BCUT2D eigenvalue weighted by molar-refractivity contribution is 6.34. The number of aromatic nitrogens is 4. The van der Waals surface area contributed by atoms with Crippen molar-refractivity contribution in [3.63, 3.8) is 0 Å².